The first kappa shape index (κ1) is 35.5. The van der Waals surface area contributed by atoms with Crippen molar-refractivity contribution in [3.63, 3.8) is 0 Å². The van der Waals surface area contributed by atoms with E-state index in [1.807, 2.05) is 0 Å². The summed E-state index contributed by atoms with van der Waals surface area (Å²) in [4.78, 5) is 2.51. The maximum absolute atomic E-state index is 4.25. The first-order valence-electron chi connectivity index (χ1n) is 20.4. The number of benzene rings is 8. The van der Waals surface area contributed by atoms with Crippen LogP contribution in [0.25, 0.3) is 27.1 Å². The summed E-state index contributed by atoms with van der Waals surface area (Å²) < 4.78 is 0. The van der Waals surface area contributed by atoms with Gasteiger partial charge in [-0.05, 0) is 124 Å². The Balaban J connectivity index is 1.34. The average Bonchev–Trinajstić information content (AvgIpc) is 3.26. The van der Waals surface area contributed by atoms with Crippen molar-refractivity contribution in [1.29, 1.82) is 0 Å². The lowest BCUT2D eigenvalue weighted by Crippen LogP contribution is -2.43. The van der Waals surface area contributed by atoms with Crippen LogP contribution >= 0.6 is 0 Å². The highest BCUT2D eigenvalue weighted by atomic mass is 15.1. The second-order valence-corrected chi connectivity index (χ2v) is 15.8. The third kappa shape index (κ3) is 5.47. The standard InChI is InChI=1S/C56H46N2/c1-37-21-5-15-31-47(37)56(57-50-34-18-6-22-38(50)2)48-32-16-13-29-45(48)54(46-30-14-17-33-49(46)56)53-41-25-9-11-27-43(41)55(44-28-12-10-26-42(44)53)58(51-35-19-7-23-39(51)3)52-36-20-8-24-40(52)4/h5-29,31-36,57H,30H2,1-4H3. The Morgan fingerprint density at radius 3 is 1.59 bits per heavy atom. The summed E-state index contributed by atoms with van der Waals surface area (Å²) in [6.07, 6.45) is 7.80. The molecule has 10 rings (SSSR count). The van der Waals surface area contributed by atoms with Gasteiger partial charge >= 0.3 is 0 Å². The molecule has 1 unspecified atom stereocenters. The summed E-state index contributed by atoms with van der Waals surface area (Å²) in [5, 5.41) is 9.17. The summed E-state index contributed by atoms with van der Waals surface area (Å²) in [5.74, 6) is 0. The highest BCUT2D eigenvalue weighted by Gasteiger charge is 2.47. The van der Waals surface area contributed by atoms with E-state index in [9.17, 15) is 0 Å². The minimum atomic E-state index is -0.643. The summed E-state index contributed by atoms with van der Waals surface area (Å²) in [6.45, 7) is 8.91. The van der Waals surface area contributed by atoms with Crippen molar-refractivity contribution < 1.29 is 0 Å². The van der Waals surface area contributed by atoms with Gasteiger partial charge in [-0.1, -0.05) is 170 Å². The lowest BCUT2D eigenvalue weighted by Gasteiger charge is -2.47. The molecule has 0 aromatic heterocycles. The molecule has 280 valence electrons. The number of nitrogens with zero attached hydrogens (tertiary/aromatic N) is 1. The summed E-state index contributed by atoms with van der Waals surface area (Å²) in [5.41, 5.74) is 18.0. The largest absolute Gasteiger partial charge is 0.368 e. The molecule has 1 N–H and O–H groups in total. The molecule has 2 nitrogen and oxygen atoms in total. The van der Waals surface area contributed by atoms with Crippen molar-refractivity contribution in [2.75, 3.05) is 10.2 Å². The highest BCUT2D eigenvalue weighted by Crippen LogP contribution is 2.57. The van der Waals surface area contributed by atoms with Crippen molar-refractivity contribution in [1.82, 2.24) is 0 Å². The Morgan fingerprint density at radius 2 is 0.983 bits per heavy atom. The van der Waals surface area contributed by atoms with Crippen LogP contribution in [0.4, 0.5) is 22.7 Å². The number of rotatable bonds is 7. The van der Waals surface area contributed by atoms with Gasteiger partial charge in [0.05, 0.1) is 5.69 Å². The molecule has 0 amide bonds. The molecule has 8 aromatic carbocycles. The predicted octanol–water partition coefficient (Wildman–Crippen LogP) is 14.8. The SMILES string of the molecule is Cc1ccccc1NC1(c2ccccc2C)C2=CC=CCC2=C(c2c3ccccc3c(N(c3ccccc3C)c3ccccc3C)c3ccccc23)c2ccccc21. The van der Waals surface area contributed by atoms with Crippen LogP contribution in [0.3, 0.4) is 0 Å². The van der Waals surface area contributed by atoms with Crippen molar-refractivity contribution in [3.8, 4) is 0 Å². The smallest absolute Gasteiger partial charge is 0.115 e. The van der Waals surface area contributed by atoms with E-state index in [0.29, 0.717) is 0 Å². The van der Waals surface area contributed by atoms with Crippen LogP contribution < -0.4 is 10.2 Å². The molecule has 0 aliphatic heterocycles. The number of anilines is 4. The monoisotopic (exact) mass is 746 g/mol. The minimum absolute atomic E-state index is 0.643. The Morgan fingerprint density at radius 1 is 0.483 bits per heavy atom. The minimum Gasteiger partial charge on any atom is -0.368 e. The van der Waals surface area contributed by atoms with E-state index in [1.165, 1.54) is 99.8 Å². The molecule has 0 heterocycles. The molecule has 2 heteroatoms. The van der Waals surface area contributed by atoms with Crippen LogP contribution in [-0.4, -0.2) is 0 Å². The zero-order chi connectivity index (χ0) is 39.4. The number of hydrogen-bond acceptors (Lipinski definition) is 2. The number of nitrogens with one attached hydrogen (secondary N) is 1. The highest BCUT2D eigenvalue weighted by molar-refractivity contribution is 6.22. The van der Waals surface area contributed by atoms with E-state index in [1.54, 1.807) is 0 Å². The van der Waals surface area contributed by atoms with Gasteiger partial charge in [-0.2, -0.15) is 0 Å². The molecular formula is C56H46N2. The molecule has 0 saturated carbocycles. The molecule has 2 aliphatic carbocycles. The lowest BCUT2D eigenvalue weighted by molar-refractivity contribution is 0.678. The molecule has 0 radical (unpaired) electrons. The Kier molecular flexibility index (Phi) is 8.72. The molecule has 0 bridgehead atoms. The average molecular weight is 747 g/mol. The molecule has 0 saturated heterocycles. The van der Waals surface area contributed by atoms with Gasteiger partial charge in [0.1, 0.15) is 5.54 Å². The molecule has 58 heavy (non-hydrogen) atoms. The predicted molar refractivity (Wildman–Crippen MR) is 247 cm³/mol. The van der Waals surface area contributed by atoms with Crippen LogP contribution in [-0.2, 0) is 5.54 Å². The summed E-state index contributed by atoms with van der Waals surface area (Å²) >= 11 is 0. The first-order chi connectivity index (χ1) is 28.5. The van der Waals surface area contributed by atoms with Gasteiger partial charge in [0.25, 0.3) is 0 Å². The second kappa shape index (κ2) is 14.2. The second-order valence-electron chi connectivity index (χ2n) is 15.8. The van der Waals surface area contributed by atoms with Gasteiger partial charge in [0, 0.05) is 27.8 Å². The van der Waals surface area contributed by atoms with E-state index in [4.69, 9.17) is 0 Å². The van der Waals surface area contributed by atoms with Crippen molar-refractivity contribution >= 4 is 49.9 Å². The van der Waals surface area contributed by atoms with Crippen LogP contribution in [0.2, 0.25) is 0 Å². The molecule has 8 aromatic rings. The van der Waals surface area contributed by atoms with Crippen LogP contribution in [0.5, 0.6) is 0 Å². The maximum atomic E-state index is 4.25. The zero-order valence-electron chi connectivity index (χ0n) is 33.6. The number of hydrogen-bond donors (Lipinski definition) is 1. The normalized spacial score (nSPS) is 15.9. The fourth-order valence-electron chi connectivity index (χ4n) is 9.79. The Hall–Kier alpha value is -6.90. The zero-order valence-corrected chi connectivity index (χ0v) is 33.6. The fourth-order valence-corrected chi connectivity index (χ4v) is 9.79. The van der Waals surface area contributed by atoms with E-state index < -0.39 is 5.54 Å². The van der Waals surface area contributed by atoms with Crippen molar-refractivity contribution in [2.24, 2.45) is 0 Å². The summed E-state index contributed by atoms with van der Waals surface area (Å²) in [7, 11) is 0. The first-order valence-corrected chi connectivity index (χ1v) is 20.4. The number of allylic oxidation sites excluding steroid dienone is 3. The molecule has 2 aliphatic rings. The molecular weight excluding hydrogens is 701 g/mol. The van der Waals surface area contributed by atoms with E-state index in [-0.39, 0.29) is 0 Å². The van der Waals surface area contributed by atoms with E-state index >= 15 is 0 Å². The van der Waals surface area contributed by atoms with Gasteiger partial charge in [0.2, 0.25) is 0 Å². The van der Waals surface area contributed by atoms with E-state index in [0.717, 1.165) is 12.1 Å². The van der Waals surface area contributed by atoms with Gasteiger partial charge in [-0.15, -0.1) is 0 Å². The topological polar surface area (TPSA) is 15.3 Å². The number of para-hydroxylation sites is 3. The summed E-state index contributed by atoms with van der Waals surface area (Å²) in [6, 6.07) is 62.6. The van der Waals surface area contributed by atoms with Crippen LogP contribution in [0.1, 0.15) is 50.9 Å². The molecule has 0 spiro atoms. The van der Waals surface area contributed by atoms with Gasteiger partial charge in [-0.3, -0.25) is 0 Å². The molecule has 0 fully saturated rings. The number of aryl methyl sites for hydroxylation is 4. The third-order valence-corrected chi connectivity index (χ3v) is 12.5. The fraction of sp³-hybridized carbons (Fsp3) is 0.107. The van der Waals surface area contributed by atoms with E-state index in [2.05, 4.69) is 226 Å². The number of fused-ring (bicyclic) bond motifs is 4. The van der Waals surface area contributed by atoms with Crippen LogP contribution in [0.15, 0.2) is 199 Å². The van der Waals surface area contributed by atoms with Crippen molar-refractivity contribution in [3.05, 3.63) is 244 Å². The lowest BCUT2D eigenvalue weighted by atomic mass is 9.63. The quantitative estimate of drug-likeness (QED) is 0.163. The van der Waals surface area contributed by atoms with Crippen LogP contribution in [0, 0.1) is 27.7 Å². The third-order valence-electron chi connectivity index (χ3n) is 12.5. The van der Waals surface area contributed by atoms with Gasteiger partial charge in [-0.25, -0.2) is 0 Å². The van der Waals surface area contributed by atoms with Gasteiger partial charge in [0.15, 0.2) is 0 Å². The van der Waals surface area contributed by atoms with Crippen molar-refractivity contribution in [2.45, 2.75) is 39.7 Å². The Bertz CT molecular complexity index is 2910. The maximum Gasteiger partial charge on any atom is 0.115 e. The Labute approximate surface area is 342 Å². The van der Waals surface area contributed by atoms with Gasteiger partial charge < -0.3 is 10.2 Å². The molecule has 1 atom stereocenters.